The van der Waals surface area contributed by atoms with Crippen LogP contribution in [-0.4, -0.2) is 75.9 Å². The second-order valence-electron chi connectivity index (χ2n) is 7.14. The van der Waals surface area contributed by atoms with Crippen LogP contribution in [-0.2, 0) is 14.4 Å². The molecule has 1 aromatic carbocycles. The Morgan fingerprint density at radius 3 is 2.37 bits per heavy atom. The first-order valence-electron chi connectivity index (χ1n) is 9.55. The number of hydrogen-bond acceptors (Lipinski definition) is 7. The molecule has 0 unspecified atom stereocenters. The Labute approximate surface area is 178 Å². The molecular weight excluding hydrogens is 412 g/mol. The summed E-state index contributed by atoms with van der Waals surface area (Å²) >= 11 is 1.77. The van der Waals surface area contributed by atoms with Crippen LogP contribution in [0.1, 0.15) is 12.8 Å². The molecule has 10 heteroatoms. The average Bonchev–Trinajstić information content (AvgIpc) is 3.09. The fourth-order valence-corrected chi connectivity index (χ4v) is 4.62. The molecule has 1 amide bonds. The van der Waals surface area contributed by atoms with Crippen LogP contribution >= 0.6 is 11.8 Å². The molecule has 4 rings (SSSR count). The number of carboxylic acids is 2. The van der Waals surface area contributed by atoms with Crippen molar-refractivity contribution in [3.8, 4) is 11.5 Å². The molecule has 30 heavy (non-hydrogen) atoms. The summed E-state index contributed by atoms with van der Waals surface area (Å²) in [7, 11) is 0. The van der Waals surface area contributed by atoms with Crippen LogP contribution in [0.3, 0.4) is 0 Å². The predicted octanol–water partition coefficient (Wildman–Crippen LogP) is 1.19. The van der Waals surface area contributed by atoms with E-state index < -0.39 is 11.9 Å². The first-order chi connectivity index (χ1) is 14.3. The van der Waals surface area contributed by atoms with Crippen molar-refractivity contribution in [2.45, 2.75) is 23.8 Å². The lowest BCUT2D eigenvalue weighted by Crippen LogP contribution is -2.52. The molecule has 1 aromatic rings. The van der Waals surface area contributed by atoms with E-state index in [0.717, 1.165) is 44.0 Å². The van der Waals surface area contributed by atoms with E-state index in [1.165, 1.54) is 0 Å². The van der Waals surface area contributed by atoms with Gasteiger partial charge in [-0.25, -0.2) is 9.59 Å². The number of piperidine rings is 1. The van der Waals surface area contributed by atoms with Crippen LogP contribution in [0.15, 0.2) is 36.4 Å². The highest BCUT2D eigenvalue weighted by molar-refractivity contribution is 8.01. The summed E-state index contributed by atoms with van der Waals surface area (Å²) in [6.07, 6.45) is 3.21. The number of nitrogens with zero attached hydrogens (tertiary/aromatic N) is 1. The number of carbonyl (C=O) groups is 3. The third-order valence-corrected chi connectivity index (χ3v) is 6.38. The van der Waals surface area contributed by atoms with Gasteiger partial charge in [-0.3, -0.25) is 9.69 Å². The Balaban J connectivity index is 0.000000275. The van der Waals surface area contributed by atoms with Gasteiger partial charge in [0, 0.05) is 31.8 Å². The van der Waals surface area contributed by atoms with Crippen LogP contribution in [0.5, 0.6) is 11.5 Å². The maximum absolute atomic E-state index is 11.4. The van der Waals surface area contributed by atoms with Crippen LogP contribution < -0.4 is 14.8 Å². The zero-order valence-electron chi connectivity index (χ0n) is 16.3. The number of hydrogen-bond donors (Lipinski definition) is 3. The summed E-state index contributed by atoms with van der Waals surface area (Å²) in [6, 6.07) is 7.82. The first kappa shape index (κ1) is 22.0. The Morgan fingerprint density at radius 1 is 1.17 bits per heavy atom. The number of amides is 1. The lowest BCUT2D eigenvalue weighted by Gasteiger charge is -2.40. The third-order valence-electron chi connectivity index (χ3n) is 4.91. The smallest absolute Gasteiger partial charge is 0.328 e. The molecule has 0 saturated carbocycles. The molecule has 162 valence electrons. The number of nitrogens with one attached hydrogen (secondary N) is 1. The zero-order chi connectivity index (χ0) is 21.6. The molecule has 2 fully saturated rings. The molecule has 3 aliphatic rings. The minimum absolute atomic E-state index is 0.00982. The van der Waals surface area contributed by atoms with Gasteiger partial charge in [0.1, 0.15) is 12.7 Å². The Bertz CT molecular complexity index is 805. The lowest BCUT2D eigenvalue weighted by atomic mass is 10.0. The Hall–Kier alpha value is -2.72. The van der Waals surface area contributed by atoms with E-state index in [-0.39, 0.29) is 16.9 Å². The van der Waals surface area contributed by atoms with Gasteiger partial charge in [0.15, 0.2) is 11.5 Å². The maximum Gasteiger partial charge on any atom is 0.328 e. The van der Waals surface area contributed by atoms with E-state index in [0.29, 0.717) is 24.5 Å². The first-order valence-corrected chi connectivity index (χ1v) is 10.5. The quantitative estimate of drug-likeness (QED) is 0.597. The van der Waals surface area contributed by atoms with Gasteiger partial charge in [-0.1, -0.05) is 12.1 Å². The number of likely N-dealkylation sites (tertiary alicyclic amines) is 1. The summed E-state index contributed by atoms with van der Waals surface area (Å²) in [5.74, 6) is -0.0535. The summed E-state index contributed by atoms with van der Waals surface area (Å²) < 4.78 is 11.8. The fourth-order valence-electron chi connectivity index (χ4n) is 3.48. The summed E-state index contributed by atoms with van der Waals surface area (Å²) in [4.78, 5) is 33.0. The average molecular weight is 436 g/mol. The topological polar surface area (TPSA) is 125 Å². The number of rotatable bonds is 4. The van der Waals surface area contributed by atoms with Gasteiger partial charge in [-0.15, -0.1) is 11.8 Å². The van der Waals surface area contributed by atoms with Crippen molar-refractivity contribution in [2.24, 2.45) is 0 Å². The Morgan fingerprint density at radius 2 is 1.80 bits per heavy atom. The molecule has 2 saturated heterocycles. The molecule has 3 heterocycles. The highest BCUT2D eigenvalue weighted by atomic mass is 32.2. The molecule has 1 spiro atoms. The summed E-state index contributed by atoms with van der Waals surface area (Å²) in [6.45, 7) is 3.47. The maximum atomic E-state index is 11.4. The highest BCUT2D eigenvalue weighted by Gasteiger charge is 2.41. The molecular formula is C20H24N2O7S. The van der Waals surface area contributed by atoms with E-state index in [4.69, 9.17) is 19.7 Å². The van der Waals surface area contributed by atoms with Crippen LogP contribution in [0.25, 0.3) is 0 Å². The van der Waals surface area contributed by atoms with E-state index >= 15 is 0 Å². The SMILES string of the molecule is O=C(O)C=CC(=O)O.O=C1CSC2(CCN(C[C@H]3COc4ccccc4O3)CC2)N1. The van der Waals surface area contributed by atoms with Gasteiger partial charge < -0.3 is 25.0 Å². The highest BCUT2D eigenvalue weighted by Crippen LogP contribution is 2.37. The van der Waals surface area contributed by atoms with Gasteiger partial charge >= 0.3 is 11.9 Å². The third kappa shape index (κ3) is 6.14. The second-order valence-corrected chi connectivity index (χ2v) is 8.50. The van der Waals surface area contributed by atoms with Gasteiger partial charge in [0.05, 0.1) is 10.6 Å². The number of aliphatic carboxylic acids is 2. The number of ether oxygens (including phenoxy) is 2. The molecule has 1 atom stereocenters. The lowest BCUT2D eigenvalue weighted by molar-refractivity contribution is -0.134. The van der Waals surface area contributed by atoms with E-state index in [1.54, 1.807) is 11.8 Å². The largest absolute Gasteiger partial charge is 0.486 e. The van der Waals surface area contributed by atoms with Crippen LogP contribution in [0.2, 0.25) is 0 Å². The van der Waals surface area contributed by atoms with Crippen LogP contribution in [0.4, 0.5) is 0 Å². The van der Waals surface area contributed by atoms with Crippen molar-refractivity contribution in [1.29, 1.82) is 0 Å². The van der Waals surface area contributed by atoms with Gasteiger partial charge in [-0.2, -0.15) is 0 Å². The second kappa shape index (κ2) is 9.86. The Kier molecular flexibility index (Phi) is 7.22. The van der Waals surface area contributed by atoms with Crippen molar-refractivity contribution < 1.29 is 34.1 Å². The number of carboxylic acid groups (broad SMARTS) is 2. The summed E-state index contributed by atoms with van der Waals surface area (Å²) in [5, 5.41) is 18.8. The number of benzene rings is 1. The van der Waals surface area contributed by atoms with E-state index in [2.05, 4.69) is 10.2 Å². The van der Waals surface area contributed by atoms with Crippen molar-refractivity contribution in [2.75, 3.05) is 32.0 Å². The molecule has 0 radical (unpaired) electrons. The van der Waals surface area contributed by atoms with Crippen molar-refractivity contribution >= 4 is 29.6 Å². The van der Waals surface area contributed by atoms with Gasteiger partial charge in [0.2, 0.25) is 5.91 Å². The number of thioether (sulfide) groups is 1. The van der Waals surface area contributed by atoms with E-state index in [1.807, 2.05) is 24.3 Å². The minimum atomic E-state index is -1.26. The zero-order valence-corrected chi connectivity index (χ0v) is 17.1. The molecule has 0 bridgehead atoms. The van der Waals surface area contributed by atoms with Gasteiger partial charge in [-0.05, 0) is 25.0 Å². The molecule has 3 N–H and O–H groups in total. The molecule has 0 aliphatic carbocycles. The van der Waals surface area contributed by atoms with Crippen LogP contribution in [0, 0.1) is 0 Å². The standard InChI is InChI=1S/C16H20N2O3S.C4H4O4/c19-15-11-22-16(17-15)5-7-18(8-6-16)9-12-10-20-13-3-1-2-4-14(13)21-12;5-3(6)1-2-4(7)8/h1-4,12H,5-11H2,(H,17,19);1-2H,(H,5,6)(H,7,8)/t12-;/m0./s1. The number of carbonyl (C=O) groups excluding carboxylic acids is 1. The normalized spacial score (nSPS) is 22.3. The van der Waals surface area contributed by atoms with Gasteiger partial charge in [0.25, 0.3) is 0 Å². The predicted molar refractivity (Wildman–Crippen MR) is 110 cm³/mol. The number of fused-ring (bicyclic) bond motifs is 1. The minimum Gasteiger partial charge on any atom is -0.486 e. The monoisotopic (exact) mass is 436 g/mol. The van der Waals surface area contributed by atoms with Crippen molar-refractivity contribution in [1.82, 2.24) is 10.2 Å². The molecule has 3 aliphatic heterocycles. The van der Waals surface area contributed by atoms with Crippen molar-refractivity contribution in [3.63, 3.8) is 0 Å². The van der Waals surface area contributed by atoms with Crippen molar-refractivity contribution in [3.05, 3.63) is 36.4 Å². The molecule has 0 aromatic heterocycles. The van der Waals surface area contributed by atoms with E-state index in [9.17, 15) is 14.4 Å². The fraction of sp³-hybridized carbons (Fsp3) is 0.450. The molecule has 9 nitrogen and oxygen atoms in total. The summed E-state index contributed by atoms with van der Waals surface area (Å²) in [5.41, 5.74) is 0. The number of para-hydroxylation sites is 2.